The van der Waals surface area contributed by atoms with Gasteiger partial charge in [0.15, 0.2) is 0 Å². The van der Waals surface area contributed by atoms with E-state index in [2.05, 4.69) is 10.4 Å². The lowest BCUT2D eigenvalue weighted by Gasteiger charge is -2.08. The van der Waals surface area contributed by atoms with Gasteiger partial charge in [-0.1, -0.05) is 12.1 Å². The number of benzene rings is 1. The molecule has 1 aromatic carbocycles. The number of hydrogen-bond donors (Lipinski definition) is 1. The first kappa shape index (κ1) is 11.8. The van der Waals surface area contributed by atoms with Crippen LogP contribution in [0.5, 0.6) is 0 Å². The average molecular weight is 244 g/mol. The van der Waals surface area contributed by atoms with Crippen LogP contribution in [0.3, 0.4) is 0 Å². The molecule has 0 radical (unpaired) electrons. The van der Waals surface area contributed by atoms with E-state index in [0.717, 1.165) is 0 Å². The van der Waals surface area contributed by atoms with Gasteiger partial charge < -0.3 is 15.2 Å². The largest absolute Gasteiger partial charge is 0.545 e. The molecule has 0 aliphatic heterocycles. The Hall–Kier alpha value is -2.63. The first-order valence-corrected chi connectivity index (χ1v) is 5.18. The van der Waals surface area contributed by atoms with Crippen molar-refractivity contribution >= 4 is 17.6 Å². The summed E-state index contributed by atoms with van der Waals surface area (Å²) in [6, 6.07) is 7.43. The molecule has 6 nitrogen and oxygen atoms in total. The minimum Gasteiger partial charge on any atom is -0.545 e. The molecule has 18 heavy (non-hydrogen) atoms. The number of carboxylic acids is 1. The quantitative estimate of drug-likeness (QED) is 0.825. The highest BCUT2D eigenvalue weighted by atomic mass is 16.4. The van der Waals surface area contributed by atoms with Gasteiger partial charge in [0, 0.05) is 18.9 Å². The van der Waals surface area contributed by atoms with Crippen molar-refractivity contribution in [1.29, 1.82) is 0 Å². The van der Waals surface area contributed by atoms with Crippen LogP contribution >= 0.6 is 0 Å². The summed E-state index contributed by atoms with van der Waals surface area (Å²) in [5.74, 6) is -1.64. The Balaban J connectivity index is 2.20. The number of amides is 1. The Morgan fingerprint density at radius 1 is 1.33 bits per heavy atom. The minimum atomic E-state index is -1.29. The number of nitrogens with zero attached hydrogens (tertiary/aromatic N) is 2. The zero-order valence-corrected chi connectivity index (χ0v) is 9.58. The van der Waals surface area contributed by atoms with Gasteiger partial charge in [0.2, 0.25) is 0 Å². The molecule has 2 rings (SSSR count). The van der Waals surface area contributed by atoms with Crippen molar-refractivity contribution in [3.05, 3.63) is 47.8 Å². The van der Waals surface area contributed by atoms with Gasteiger partial charge >= 0.3 is 0 Å². The molecule has 2 aromatic rings. The maximum atomic E-state index is 11.8. The molecule has 6 heteroatoms. The molecule has 0 saturated carbocycles. The Kier molecular flexibility index (Phi) is 3.09. The molecule has 1 N–H and O–H groups in total. The van der Waals surface area contributed by atoms with E-state index in [1.807, 2.05) is 0 Å². The van der Waals surface area contributed by atoms with E-state index in [-0.39, 0.29) is 11.5 Å². The zero-order chi connectivity index (χ0) is 13.1. The van der Waals surface area contributed by atoms with Crippen molar-refractivity contribution in [3.8, 4) is 0 Å². The number of aromatic nitrogens is 2. The van der Waals surface area contributed by atoms with E-state index >= 15 is 0 Å². The third-order valence-electron chi connectivity index (χ3n) is 2.41. The summed E-state index contributed by atoms with van der Waals surface area (Å²) in [6.45, 7) is 0. The lowest BCUT2D eigenvalue weighted by atomic mass is 10.2. The molecule has 0 saturated heterocycles. The molecule has 1 heterocycles. The first-order chi connectivity index (χ1) is 8.58. The van der Waals surface area contributed by atoms with Gasteiger partial charge in [-0.3, -0.25) is 9.48 Å². The summed E-state index contributed by atoms with van der Waals surface area (Å²) >= 11 is 0. The molecule has 0 spiro atoms. The molecule has 92 valence electrons. The van der Waals surface area contributed by atoms with Gasteiger partial charge in [0.05, 0.1) is 5.97 Å². The molecular formula is C12H10N3O3-. The number of nitrogens with one attached hydrogen (secondary N) is 1. The van der Waals surface area contributed by atoms with Crippen molar-refractivity contribution in [2.24, 2.45) is 7.05 Å². The smallest absolute Gasteiger partial charge is 0.273 e. The number of carbonyl (C=O) groups is 2. The number of carbonyl (C=O) groups excluding carboxylic acids is 2. The number of hydrogen-bond acceptors (Lipinski definition) is 4. The van der Waals surface area contributed by atoms with Gasteiger partial charge in [-0.05, 0) is 23.8 Å². The lowest BCUT2D eigenvalue weighted by molar-refractivity contribution is -0.255. The van der Waals surface area contributed by atoms with Crippen molar-refractivity contribution in [1.82, 2.24) is 9.78 Å². The SMILES string of the molecule is Cn1nccc1C(=O)Nc1cccc(C(=O)[O-])c1. The fourth-order valence-electron chi connectivity index (χ4n) is 1.52. The van der Waals surface area contributed by atoms with Crippen LogP contribution in [0, 0.1) is 0 Å². The number of aromatic carboxylic acids is 1. The van der Waals surface area contributed by atoms with Gasteiger partial charge in [-0.15, -0.1) is 0 Å². The third kappa shape index (κ3) is 2.37. The highest BCUT2D eigenvalue weighted by Gasteiger charge is 2.10. The van der Waals surface area contributed by atoms with Crippen molar-refractivity contribution in [3.63, 3.8) is 0 Å². The molecule has 0 bridgehead atoms. The van der Waals surface area contributed by atoms with Crippen LogP contribution in [-0.4, -0.2) is 21.7 Å². The van der Waals surface area contributed by atoms with E-state index in [1.54, 1.807) is 19.2 Å². The molecule has 1 amide bonds. The predicted octanol–water partition coefficient (Wildman–Crippen LogP) is 0.0359. The fraction of sp³-hybridized carbons (Fsp3) is 0.0833. The second-order valence-electron chi connectivity index (χ2n) is 3.66. The van der Waals surface area contributed by atoms with Crippen LogP contribution < -0.4 is 10.4 Å². The second-order valence-corrected chi connectivity index (χ2v) is 3.66. The maximum absolute atomic E-state index is 11.8. The molecular weight excluding hydrogens is 234 g/mol. The van der Waals surface area contributed by atoms with E-state index in [9.17, 15) is 14.7 Å². The summed E-state index contributed by atoms with van der Waals surface area (Å²) in [6.07, 6.45) is 1.51. The Bertz CT molecular complexity index is 604. The summed E-state index contributed by atoms with van der Waals surface area (Å²) in [7, 11) is 1.65. The van der Waals surface area contributed by atoms with Gasteiger partial charge in [-0.25, -0.2) is 0 Å². The van der Waals surface area contributed by atoms with Crippen LogP contribution in [0.15, 0.2) is 36.5 Å². The van der Waals surface area contributed by atoms with E-state index in [1.165, 1.54) is 29.1 Å². The Morgan fingerprint density at radius 2 is 2.11 bits per heavy atom. The van der Waals surface area contributed by atoms with Gasteiger partial charge in [-0.2, -0.15) is 5.10 Å². The van der Waals surface area contributed by atoms with E-state index in [0.29, 0.717) is 11.4 Å². The minimum absolute atomic E-state index is 0.0119. The van der Waals surface area contributed by atoms with Crippen LogP contribution in [0.2, 0.25) is 0 Å². The summed E-state index contributed by atoms with van der Waals surface area (Å²) in [5.41, 5.74) is 0.787. The maximum Gasteiger partial charge on any atom is 0.273 e. The molecule has 1 aromatic heterocycles. The first-order valence-electron chi connectivity index (χ1n) is 5.18. The lowest BCUT2D eigenvalue weighted by Crippen LogP contribution is -2.22. The number of aryl methyl sites for hydroxylation is 1. The summed E-state index contributed by atoms with van der Waals surface area (Å²) in [5, 5.41) is 17.2. The van der Waals surface area contributed by atoms with Crippen LogP contribution in [0.1, 0.15) is 20.8 Å². The van der Waals surface area contributed by atoms with Gasteiger partial charge in [0.1, 0.15) is 5.69 Å². The Labute approximate surface area is 103 Å². The normalized spacial score (nSPS) is 10.1. The standard InChI is InChI=1S/C12H11N3O3/c1-15-10(5-6-13-15)11(16)14-9-4-2-3-8(7-9)12(17)18/h2-7H,1H3,(H,14,16)(H,17,18)/p-1. The number of carboxylic acid groups (broad SMARTS) is 1. The van der Waals surface area contributed by atoms with E-state index in [4.69, 9.17) is 0 Å². The van der Waals surface area contributed by atoms with Crippen LogP contribution in [-0.2, 0) is 7.05 Å². The summed E-state index contributed by atoms with van der Waals surface area (Å²) in [4.78, 5) is 22.5. The van der Waals surface area contributed by atoms with Crippen LogP contribution in [0.4, 0.5) is 5.69 Å². The van der Waals surface area contributed by atoms with Crippen molar-refractivity contribution < 1.29 is 14.7 Å². The average Bonchev–Trinajstić information content (AvgIpc) is 2.76. The highest BCUT2D eigenvalue weighted by Crippen LogP contribution is 2.11. The predicted molar refractivity (Wildman–Crippen MR) is 61.9 cm³/mol. The molecule has 0 aliphatic rings. The molecule has 0 fully saturated rings. The second kappa shape index (κ2) is 4.70. The third-order valence-corrected chi connectivity index (χ3v) is 2.41. The Morgan fingerprint density at radius 3 is 2.72 bits per heavy atom. The van der Waals surface area contributed by atoms with Crippen molar-refractivity contribution in [2.75, 3.05) is 5.32 Å². The fourth-order valence-corrected chi connectivity index (χ4v) is 1.52. The van der Waals surface area contributed by atoms with Crippen LogP contribution in [0.25, 0.3) is 0 Å². The monoisotopic (exact) mass is 244 g/mol. The zero-order valence-electron chi connectivity index (χ0n) is 9.58. The number of rotatable bonds is 3. The number of anilines is 1. The highest BCUT2D eigenvalue weighted by molar-refractivity contribution is 6.03. The molecule has 0 aliphatic carbocycles. The topological polar surface area (TPSA) is 87.0 Å². The summed E-state index contributed by atoms with van der Waals surface area (Å²) < 4.78 is 1.43. The molecule has 0 unspecified atom stereocenters. The van der Waals surface area contributed by atoms with E-state index < -0.39 is 5.97 Å². The van der Waals surface area contributed by atoms with Gasteiger partial charge in [0.25, 0.3) is 5.91 Å². The molecule has 0 atom stereocenters. The van der Waals surface area contributed by atoms with Crippen molar-refractivity contribution in [2.45, 2.75) is 0 Å².